The lowest BCUT2D eigenvalue weighted by Crippen LogP contribution is -2.25. The zero-order valence-corrected chi connectivity index (χ0v) is 12.9. The van der Waals surface area contributed by atoms with E-state index in [1.165, 1.54) is 34.1 Å². The smallest absolute Gasteiger partial charge is 0.261 e. The maximum atomic E-state index is 12.0. The standard InChI is InChI=1S/C16H18N2O2S/c1-10-5-11(2)7-12(6-10)3-4-18-16(20)14-8-13(9-21-14)15(17)19/h5-9H,3-4H2,1-2H3,(H2,17,19)(H,18,20). The van der Waals surface area contributed by atoms with E-state index in [4.69, 9.17) is 5.73 Å². The van der Waals surface area contributed by atoms with E-state index < -0.39 is 5.91 Å². The van der Waals surface area contributed by atoms with Crippen molar-refractivity contribution >= 4 is 23.2 Å². The maximum absolute atomic E-state index is 12.0. The molecule has 1 heterocycles. The molecule has 21 heavy (non-hydrogen) atoms. The van der Waals surface area contributed by atoms with Crippen molar-refractivity contribution in [1.82, 2.24) is 5.32 Å². The normalized spacial score (nSPS) is 10.4. The van der Waals surface area contributed by atoms with Crippen molar-refractivity contribution in [1.29, 1.82) is 0 Å². The van der Waals surface area contributed by atoms with Gasteiger partial charge in [0.25, 0.3) is 5.91 Å². The minimum Gasteiger partial charge on any atom is -0.366 e. The molecule has 1 aromatic heterocycles. The molecule has 110 valence electrons. The Labute approximate surface area is 128 Å². The fraction of sp³-hybridized carbons (Fsp3) is 0.250. The van der Waals surface area contributed by atoms with Gasteiger partial charge in [-0.25, -0.2) is 0 Å². The van der Waals surface area contributed by atoms with Gasteiger partial charge in [0.05, 0.1) is 10.4 Å². The number of carbonyl (C=O) groups is 2. The molecule has 0 aliphatic rings. The highest BCUT2D eigenvalue weighted by atomic mass is 32.1. The number of benzene rings is 1. The minimum atomic E-state index is -0.513. The van der Waals surface area contributed by atoms with Crippen LogP contribution in [-0.2, 0) is 6.42 Å². The molecule has 2 amide bonds. The molecule has 4 nitrogen and oxygen atoms in total. The second kappa shape index (κ2) is 6.54. The Kier molecular flexibility index (Phi) is 4.75. The van der Waals surface area contributed by atoms with Gasteiger partial charge in [-0.3, -0.25) is 9.59 Å². The topological polar surface area (TPSA) is 72.2 Å². The van der Waals surface area contributed by atoms with Gasteiger partial charge in [0.1, 0.15) is 0 Å². The van der Waals surface area contributed by atoms with Gasteiger partial charge in [-0.1, -0.05) is 29.3 Å². The molecule has 0 saturated carbocycles. The summed E-state index contributed by atoms with van der Waals surface area (Å²) < 4.78 is 0. The second-order valence-corrected chi connectivity index (χ2v) is 5.98. The van der Waals surface area contributed by atoms with Crippen LogP contribution in [0.4, 0.5) is 0 Å². The average molecular weight is 302 g/mol. The molecule has 3 N–H and O–H groups in total. The van der Waals surface area contributed by atoms with E-state index >= 15 is 0 Å². The first-order valence-electron chi connectivity index (χ1n) is 6.69. The summed E-state index contributed by atoms with van der Waals surface area (Å²) in [5.41, 5.74) is 9.19. The molecule has 0 unspecified atom stereocenters. The molecule has 5 heteroatoms. The zero-order chi connectivity index (χ0) is 15.4. The largest absolute Gasteiger partial charge is 0.366 e. The molecule has 0 bridgehead atoms. The highest BCUT2D eigenvalue weighted by molar-refractivity contribution is 7.12. The Morgan fingerprint density at radius 1 is 1.14 bits per heavy atom. The molecule has 0 aliphatic heterocycles. The van der Waals surface area contributed by atoms with Crippen LogP contribution in [0.1, 0.15) is 36.7 Å². The summed E-state index contributed by atoms with van der Waals surface area (Å²) in [6.45, 7) is 4.68. The highest BCUT2D eigenvalue weighted by Crippen LogP contribution is 2.14. The fourth-order valence-electron chi connectivity index (χ4n) is 2.21. The Balaban J connectivity index is 1.90. The van der Waals surface area contributed by atoms with Gasteiger partial charge in [-0.15, -0.1) is 11.3 Å². The number of nitrogens with one attached hydrogen (secondary N) is 1. The van der Waals surface area contributed by atoms with E-state index in [2.05, 4.69) is 37.4 Å². The lowest BCUT2D eigenvalue weighted by Gasteiger charge is -2.06. The van der Waals surface area contributed by atoms with Crippen LogP contribution in [0.2, 0.25) is 0 Å². The number of rotatable bonds is 5. The van der Waals surface area contributed by atoms with Gasteiger partial charge in [-0.05, 0) is 31.9 Å². The predicted molar refractivity (Wildman–Crippen MR) is 84.8 cm³/mol. The molecule has 0 aliphatic carbocycles. The van der Waals surface area contributed by atoms with Crippen molar-refractivity contribution in [2.75, 3.05) is 6.54 Å². The first-order valence-corrected chi connectivity index (χ1v) is 7.57. The van der Waals surface area contributed by atoms with E-state index in [-0.39, 0.29) is 5.91 Å². The van der Waals surface area contributed by atoms with E-state index in [9.17, 15) is 9.59 Å². The summed E-state index contributed by atoms with van der Waals surface area (Å²) >= 11 is 1.22. The number of hydrogen-bond donors (Lipinski definition) is 2. The average Bonchev–Trinajstić information content (AvgIpc) is 2.87. The third kappa shape index (κ3) is 4.16. The first kappa shape index (κ1) is 15.3. The van der Waals surface area contributed by atoms with Crippen LogP contribution in [0.25, 0.3) is 0 Å². The van der Waals surface area contributed by atoms with Crippen LogP contribution < -0.4 is 11.1 Å². The number of aryl methyl sites for hydroxylation is 2. The molecule has 1 aromatic carbocycles. The Morgan fingerprint density at radius 3 is 2.38 bits per heavy atom. The third-order valence-electron chi connectivity index (χ3n) is 3.09. The molecule has 0 saturated heterocycles. The van der Waals surface area contributed by atoms with E-state index in [0.29, 0.717) is 17.0 Å². The SMILES string of the molecule is Cc1cc(C)cc(CCNC(=O)c2cc(C(N)=O)cs2)c1. The number of thiophene rings is 1. The third-order valence-corrected chi connectivity index (χ3v) is 4.02. The quantitative estimate of drug-likeness (QED) is 0.890. The van der Waals surface area contributed by atoms with E-state index in [1.54, 1.807) is 5.38 Å². The summed E-state index contributed by atoms with van der Waals surface area (Å²) in [5, 5.41) is 4.46. The second-order valence-electron chi connectivity index (χ2n) is 5.07. The van der Waals surface area contributed by atoms with Crippen molar-refractivity contribution in [2.24, 2.45) is 5.73 Å². The van der Waals surface area contributed by atoms with Crippen LogP contribution in [0, 0.1) is 13.8 Å². The number of carbonyl (C=O) groups excluding carboxylic acids is 2. The van der Waals surface area contributed by atoms with Gasteiger partial charge in [0.2, 0.25) is 5.91 Å². The Morgan fingerprint density at radius 2 is 1.81 bits per heavy atom. The number of hydrogen-bond acceptors (Lipinski definition) is 3. The summed E-state index contributed by atoms with van der Waals surface area (Å²) in [4.78, 5) is 23.5. The van der Waals surface area contributed by atoms with E-state index in [0.717, 1.165) is 6.42 Å². The van der Waals surface area contributed by atoms with Gasteiger partial charge in [0, 0.05) is 11.9 Å². The molecule has 2 aromatic rings. The summed E-state index contributed by atoms with van der Waals surface area (Å²) in [6, 6.07) is 7.89. The zero-order valence-electron chi connectivity index (χ0n) is 12.1. The van der Waals surface area contributed by atoms with Crippen molar-refractivity contribution in [3.8, 4) is 0 Å². The van der Waals surface area contributed by atoms with Crippen LogP contribution in [0.15, 0.2) is 29.6 Å². The molecular weight excluding hydrogens is 284 g/mol. The van der Waals surface area contributed by atoms with Crippen LogP contribution in [-0.4, -0.2) is 18.4 Å². The summed E-state index contributed by atoms with van der Waals surface area (Å²) in [7, 11) is 0. The van der Waals surface area contributed by atoms with Crippen LogP contribution in [0.3, 0.4) is 0 Å². The molecule has 2 rings (SSSR count). The van der Waals surface area contributed by atoms with Crippen molar-refractivity contribution in [3.05, 3.63) is 56.8 Å². The molecule has 0 atom stereocenters. The van der Waals surface area contributed by atoms with Gasteiger partial charge in [0.15, 0.2) is 0 Å². The Bertz CT molecular complexity index is 656. The summed E-state index contributed by atoms with van der Waals surface area (Å²) in [6.07, 6.45) is 0.780. The van der Waals surface area contributed by atoms with Crippen LogP contribution in [0.5, 0.6) is 0 Å². The van der Waals surface area contributed by atoms with Gasteiger partial charge in [-0.2, -0.15) is 0 Å². The minimum absolute atomic E-state index is 0.170. The van der Waals surface area contributed by atoms with E-state index in [1.807, 2.05) is 0 Å². The summed E-state index contributed by atoms with van der Waals surface area (Å²) in [5.74, 6) is -0.683. The maximum Gasteiger partial charge on any atom is 0.261 e. The van der Waals surface area contributed by atoms with Crippen molar-refractivity contribution in [3.63, 3.8) is 0 Å². The number of amides is 2. The van der Waals surface area contributed by atoms with Gasteiger partial charge >= 0.3 is 0 Å². The predicted octanol–water partition coefficient (Wildman–Crippen LogP) is 2.44. The molecule has 0 spiro atoms. The lowest BCUT2D eigenvalue weighted by molar-refractivity contribution is 0.0958. The lowest BCUT2D eigenvalue weighted by atomic mass is 10.1. The number of nitrogens with two attached hydrogens (primary N) is 1. The highest BCUT2D eigenvalue weighted by Gasteiger charge is 2.11. The molecule has 0 radical (unpaired) electrons. The number of primary amides is 1. The fourth-order valence-corrected chi connectivity index (χ4v) is 3.02. The van der Waals surface area contributed by atoms with Crippen molar-refractivity contribution < 1.29 is 9.59 Å². The van der Waals surface area contributed by atoms with Gasteiger partial charge < -0.3 is 11.1 Å². The monoisotopic (exact) mass is 302 g/mol. The van der Waals surface area contributed by atoms with Crippen LogP contribution >= 0.6 is 11.3 Å². The molecular formula is C16H18N2O2S. The first-order chi connectivity index (χ1) is 9.95. The van der Waals surface area contributed by atoms with Crippen molar-refractivity contribution in [2.45, 2.75) is 20.3 Å². The molecule has 0 fully saturated rings. The Hall–Kier alpha value is -2.14.